The molecule has 0 spiro atoms. The highest BCUT2D eigenvalue weighted by atomic mass is 16.1. The number of nitriles is 1. The quantitative estimate of drug-likeness (QED) is 0.259. The third-order valence-corrected chi connectivity index (χ3v) is 3.03. The molecule has 0 heterocycles. The number of benzene rings is 2. The van der Waals surface area contributed by atoms with E-state index < -0.39 is 5.78 Å². The molecule has 0 saturated heterocycles. The topological polar surface area (TPSA) is 103 Å². The zero-order valence-corrected chi connectivity index (χ0v) is 11.7. The van der Waals surface area contributed by atoms with Crippen molar-refractivity contribution in [2.45, 2.75) is 0 Å². The van der Waals surface area contributed by atoms with Gasteiger partial charge in [0, 0.05) is 34.9 Å². The van der Waals surface area contributed by atoms with Crippen molar-refractivity contribution >= 4 is 23.4 Å². The maximum Gasteiger partial charge on any atom is 0.205 e. The molecule has 2 aromatic rings. The standard InChI is InChI=1S/C17H14N4O/c18-9-13-8-12(6-7-16(13)20)17(22)14(10-19)11-21-15-4-2-1-3-5-15/h1-9,11,18,21H,20H2/b14-11+,18-9?. The van der Waals surface area contributed by atoms with Crippen LogP contribution in [0.15, 0.2) is 60.3 Å². The van der Waals surface area contributed by atoms with E-state index in [1.165, 1.54) is 12.3 Å². The number of nitrogen functional groups attached to an aromatic ring is 1. The third kappa shape index (κ3) is 3.38. The van der Waals surface area contributed by atoms with Crippen LogP contribution in [0.4, 0.5) is 11.4 Å². The fraction of sp³-hybridized carbons (Fsp3) is 0. The van der Waals surface area contributed by atoms with Crippen molar-refractivity contribution in [2.24, 2.45) is 0 Å². The van der Waals surface area contributed by atoms with E-state index in [1.807, 2.05) is 36.4 Å². The molecule has 0 atom stereocenters. The van der Waals surface area contributed by atoms with E-state index >= 15 is 0 Å². The summed E-state index contributed by atoms with van der Waals surface area (Å²) >= 11 is 0. The maximum absolute atomic E-state index is 12.3. The number of carbonyl (C=O) groups is 1. The molecule has 2 aromatic carbocycles. The lowest BCUT2D eigenvalue weighted by atomic mass is 10.0. The molecule has 108 valence electrons. The Balaban J connectivity index is 2.26. The van der Waals surface area contributed by atoms with Gasteiger partial charge in [0.05, 0.1) is 0 Å². The maximum atomic E-state index is 12.3. The Hall–Kier alpha value is -3.39. The summed E-state index contributed by atoms with van der Waals surface area (Å²) in [6.07, 6.45) is 2.45. The first-order valence-electron chi connectivity index (χ1n) is 6.52. The minimum Gasteiger partial charge on any atom is -0.398 e. The average Bonchev–Trinajstić information content (AvgIpc) is 2.56. The van der Waals surface area contributed by atoms with E-state index in [0.717, 1.165) is 11.9 Å². The van der Waals surface area contributed by atoms with Crippen molar-refractivity contribution in [2.75, 3.05) is 11.1 Å². The Morgan fingerprint density at radius 3 is 2.59 bits per heavy atom. The Labute approximate surface area is 128 Å². The van der Waals surface area contributed by atoms with Gasteiger partial charge in [-0.3, -0.25) is 4.79 Å². The largest absolute Gasteiger partial charge is 0.398 e. The Morgan fingerprint density at radius 1 is 1.23 bits per heavy atom. The van der Waals surface area contributed by atoms with Crippen molar-refractivity contribution in [1.82, 2.24) is 0 Å². The lowest BCUT2D eigenvalue weighted by molar-refractivity contribution is 0.103. The summed E-state index contributed by atoms with van der Waals surface area (Å²) < 4.78 is 0. The molecule has 0 radical (unpaired) electrons. The molecular weight excluding hydrogens is 276 g/mol. The molecule has 5 nitrogen and oxygen atoms in total. The monoisotopic (exact) mass is 290 g/mol. The number of hydrogen-bond acceptors (Lipinski definition) is 5. The van der Waals surface area contributed by atoms with Crippen LogP contribution in [0.25, 0.3) is 0 Å². The van der Waals surface area contributed by atoms with E-state index in [2.05, 4.69) is 5.32 Å². The first-order chi connectivity index (χ1) is 10.7. The van der Waals surface area contributed by atoms with Crippen LogP contribution in [0, 0.1) is 16.7 Å². The number of allylic oxidation sites excluding steroid dienone is 1. The predicted molar refractivity (Wildman–Crippen MR) is 86.8 cm³/mol. The number of ketones is 1. The van der Waals surface area contributed by atoms with Crippen molar-refractivity contribution in [1.29, 1.82) is 10.7 Å². The van der Waals surface area contributed by atoms with Gasteiger partial charge in [0.2, 0.25) is 5.78 Å². The van der Waals surface area contributed by atoms with E-state index in [9.17, 15) is 4.79 Å². The lowest BCUT2D eigenvalue weighted by Crippen LogP contribution is -2.06. The highest BCUT2D eigenvalue weighted by Gasteiger charge is 2.13. The van der Waals surface area contributed by atoms with E-state index in [4.69, 9.17) is 16.4 Å². The molecule has 0 bridgehead atoms. The number of nitrogens with two attached hydrogens (primary N) is 1. The van der Waals surface area contributed by atoms with Crippen molar-refractivity contribution in [3.8, 4) is 6.07 Å². The molecule has 2 rings (SSSR count). The van der Waals surface area contributed by atoms with Crippen LogP contribution in [-0.2, 0) is 0 Å². The van der Waals surface area contributed by atoms with Gasteiger partial charge >= 0.3 is 0 Å². The molecule has 0 amide bonds. The number of para-hydroxylation sites is 1. The van der Waals surface area contributed by atoms with Gasteiger partial charge in [-0.15, -0.1) is 0 Å². The number of nitrogens with one attached hydrogen (secondary N) is 2. The molecule has 0 aliphatic carbocycles. The second kappa shape index (κ2) is 6.86. The van der Waals surface area contributed by atoms with Gasteiger partial charge in [-0.25, -0.2) is 0 Å². The van der Waals surface area contributed by atoms with Gasteiger partial charge in [0.15, 0.2) is 0 Å². The summed E-state index contributed by atoms with van der Waals surface area (Å²) in [5.41, 5.74) is 7.62. The second-order valence-electron chi connectivity index (χ2n) is 4.50. The Morgan fingerprint density at radius 2 is 1.95 bits per heavy atom. The van der Waals surface area contributed by atoms with Crippen LogP contribution < -0.4 is 11.1 Å². The van der Waals surface area contributed by atoms with Crippen molar-refractivity contribution in [3.05, 3.63) is 71.4 Å². The zero-order chi connectivity index (χ0) is 15.9. The molecular formula is C17H14N4O. The van der Waals surface area contributed by atoms with Crippen LogP contribution >= 0.6 is 0 Å². The Bertz CT molecular complexity index is 773. The molecule has 5 heteroatoms. The van der Waals surface area contributed by atoms with Gasteiger partial charge in [-0.05, 0) is 30.3 Å². The molecule has 0 fully saturated rings. The minimum absolute atomic E-state index is 0.0236. The normalized spacial score (nSPS) is 10.6. The first-order valence-corrected chi connectivity index (χ1v) is 6.52. The Kier molecular flexibility index (Phi) is 4.68. The SMILES string of the molecule is N#C/C(=C\Nc1ccccc1)C(=O)c1ccc(N)c(C=N)c1. The smallest absolute Gasteiger partial charge is 0.205 e. The number of nitrogens with zero attached hydrogens (tertiary/aromatic N) is 1. The molecule has 0 aromatic heterocycles. The highest BCUT2D eigenvalue weighted by molar-refractivity contribution is 6.12. The second-order valence-corrected chi connectivity index (χ2v) is 4.50. The highest BCUT2D eigenvalue weighted by Crippen LogP contribution is 2.16. The minimum atomic E-state index is -0.422. The van der Waals surface area contributed by atoms with E-state index in [0.29, 0.717) is 16.8 Å². The summed E-state index contributed by atoms with van der Waals surface area (Å²) in [6, 6.07) is 15.7. The summed E-state index contributed by atoms with van der Waals surface area (Å²) in [7, 11) is 0. The van der Waals surface area contributed by atoms with Gasteiger partial charge in [-0.2, -0.15) is 5.26 Å². The molecule has 0 unspecified atom stereocenters. The first kappa shape index (κ1) is 15.0. The van der Waals surface area contributed by atoms with Gasteiger partial charge in [0.1, 0.15) is 11.6 Å². The number of Topliss-reactive ketones (excluding diaryl/α,β-unsaturated/α-hetero) is 1. The van der Waals surface area contributed by atoms with Crippen molar-refractivity contribution in [3.63, 3.8) is 0 Å². The summed E-state index contributed by atoms with van der Waals surface area (Å²) in [5.74, 6) is -0.422. The number of hydrogen-bond donors (Lipinski definition) is 3. The number of anilines is 2. The van der Waals surface area contributed by atoms with Crippen LogP contribution in [0.5, 0.6) is 0 Å². The molecule has 0 aliphatic heterocycles. The number of carbonyl (C=O) groups excluding carboxylic acids is 1. The molecule has 0 saturated carbocycles. The average molecular weight is 290 g/mol. The lowest BCUT2D eigenvalue weighted by Gasteiger charge is -2.05. The summed E-state index contributed by atoms with van der Waals surface area (Å²) in [5, 5.41) is 19.3. The van der Waals surface area contributed by atoms with Crippen LogP contribution in [0.3, 0.4) is 0 Å². The fourth-order valence-corrected chi connectivity index (χ4v) is 1.83. The van der Waals surface area contributed by atoms with Crippen molar-refractivity contribution < 1.29 is 4.79 Å². The summed E-state index contributed by atoms with van der Waals surface area (Å²) in [6.45, 7) is 0. The fourth-order valence-electron chi connectivity index (χ4n) is 1.83. The zero-order valence-electron chi connectivity index (χ0n) is 11.7. The van der Waals surface area contributed by atoms with E-state index in [1.54, 1.807) is 12.1 Å². The van der Waals surface area contributed by atoms with Gasteiger partial charge in [0.25, 0.3) is 0 Å². The molecule has 4 N–H and O–H groups in total. The molecule has 0 aliphatic rings. The van der Waals surface area contributed by atoms with Gasteiger partial charge in [-0.1, -0.05) is 18.2 Å². The predicted octanol–water partition coefficient (Wildman–Crippen LogP) is 2.97. The summed E-state index contributed by atoms with van der Waals surface area (Å²) in [4.78, 5) is 12.3. The van der Waals surface area contributed by atoms with Crippen LogP contribution in [0.1, 0.15) is 15.9 Å². The van der Waals surface area contributed by atoms with Crippen LogP contribution in [-0.4, -0.2) is 12.0 Å². The number of rotatable bonds is 5. The van der Waals surface area contributed by atoms with Crippen LogP contribution in [0.2, 0.25) is 0 Å². The van der Waals surface area contributed by atoms with E-state index in [-0.39, 0.29) is 5.57 Å². The third-order valence-electron chi connectivity index (χ3n) is 3.03. The van der Waals surface area contributed by atoms with Gasteiger partial charge < -0.3 is 16.5 Å². The molecule has 22 heavy (non-hydrogen) atoms.